The number of carbonyl (C=O) groups is 2. The minimum atomic E-state index is -3.90. The Morgan fingerprint density at radius 3 is 2.35 bits per heavy atom. The zero-order chi connectivity index (χ0) is 33.9. The lowest BCUT2D eigenvalue weighted by atomic mass is 9.39. The average Bonchev–Trinajstić information content (AvgIpc) is 3.39. The van der Waals surface area contributed by atoms with E-state index in [1.807, 2.05) is 39.0 Å². The number of nitrogens with one attached hydrogen (secondary N) is 3. The summed E-state index contributed by atoms with van der Waals surface area (Å²) in [7, 11) is -3.90. The van der Waals surface area contributed by atoms with Crippen LogP contribution in [0, 0.1) is 5.41 Å². The van der Waals surface area contributed by atoms with E-state index in [1.165, 1.54) is 16.4 Å². The number of para-hydroxylation sites is 1. The maximum atomic E-state index is 13.6. The number of amides is 2. The molecule has 2 bridgehead atoms. The van der Waals surface area contributed by atoms with Crippen molar-refractivity contribution in [2.24, 2.45) is 5.41 Å². The highest BCUT2D eigenvalue weighted by atomic mass is 35.5. The van der Waals surface area contributed by atoms with Crippen LogP contribution in [0.4, 0.5) is 22.1 Å². The lowest BCUT2D eigenvalue weighted by Crippen LogP contribution is -2.77. The molecule has 3 saturated carbocycles. The molecule has 3 fully saturated rings. The normalized spacial score (nSPS) is 19.9. The SMILES string of the molecule is CC(C)(C)OC(=O)NC12CC(C(=O)Nc3cccc(Nc4ncc(Cl)c(-c5cn(S(=O)(=O)c6ccccc6)c6ccccc56)n4)c3)(C1)C2. The Bertz CT molecular complexity index is 2180. The van der Waals surface area contributed by atoms with Crippen LogP contribution in [0.2, 0.25) is 5.02 Å². The first-order chi connectivity index (χ1) is 22.8. The van der Waals surface area contributed by atoms with Gasteiger partial charge in [0.15, 0.2) is 0 Å². The number of benzene rings is 3. The van der Waals surface area contributed by atoms with E-state index in [-0.39, 0.29) is 27.3 Å². The van der Waals surface area contributed by atoms with Gasteiger partial charge in [0.05, 0.1) is 32.7 Å². The van der Waals surface area contributed by atoms with Crippen molar-refractivity contribution in [2.45, 2.75) is 56.1 Å². The lowest BCUT2D eigenvalue weighted by Gasteiger charge is -2.68. The Balaban J connectivity index is 1.08. The van der Waals surface area contributed by atoms with Crippen LogP contribution in [-0.2, 0) is 19.6 Å². The molecular weight excluding hydrogens is 652 g/mol. The van der Waals surface area contributed by atoms with Gasteiger partial charge in [-0.25, -0.2) is 27.2 Å². The van der Waals surface area contributed by atoms with Gasteiger partial charge in [0.2, 0.25) is 11.9 Å². The lowest BCUT2D eigenvalue weighted by molar-refractivity contribution is -0.174. The van der Waals surface area contributed by atoms with Crippen molar-refractivity contribution >= 4 is 61.9 Å². The predicted octanol–water partition coefficient (Wildman–Crippen LogP) is 7.12. The van der Waals surface area contributed by atoms with Gasteiger partial charge in [-0.2, -0.15) is 0 Å². The molecule has 3 N–H and O–H groups in total. The summed E-state index contributed by atoms with van der Waals surface area (Å²) in [6.07, 6.45) is 4.21. The van der Waals surface area contributed by atoms with Gasteiger partial charge in [0.25, 0.3) is 10.0 Å². The molecule has 2 heterocycles. The van der Waals surface area contributed by atoms with Gasteiger partial charge in [0.1, 0.15) is 5.60 Å². The van der Waals surface area contributed by atoms with Gasteiger partial charge in [-0.15, -0.1) is 0 Å². The number of aromatic nitrogens is 3. The van der Waals surface area contributed by atoms with Crippen molar-refractivity contribution in [2.75, 3.05) is 10.6 Å². The molecule has 0 saturated heterocycles. The van der Waals surface area contributed by atoms with E-state index < -0.39 is 27.1 Å². The van der Waals surface area contributed by atoms with Crippen LogP contribution < -0.4 is 16.0 Å². The molecule has 3 aliphatic rings. The van der Waals surface area contributed by atoms with Gasteiger partial charge in [0, 0.05) is 34.1 Å². The number of carbonyl (C=O) groups excluding carboxylic acids is 2. The quantitative estimate of drug-likeness (QED) is 0.157. The number of rotatable bonds is 8. The van der Waals surface area contributed by atoms with Crippen LogP contribution in [-0.4, -0.2) is 45.5 Å². The monoisotopic (exact) mass is 684 g/mol. The maximum absolute atomic E-state index is 13.6. The van der Waals surface area contributed by atoms with E-state index in [9.17, 15) is 18.0 Å². The topological polar surface area (TPSA) is 144 Å². The molecule has 246 valence electrons. The fourth-order valence-corrected chi connectivity index (χ4v) is 8.19. The molecule has 11 nitrogen and oxygen atoms in total. The summed E-state index contributed by atoms with van der Waals surface area (Å²) in [5.41, 5.74) is 1.09. The molecule has 48 heavy (non-hydrogen) atoms. The van der Waals surface area contributed by atoms with E-state index in [4.69, 9.17) is 16.3 Å². The third-order valence-electron chi connectivity index (χ3n) is 8.63. The second-order valence-corrected chi connectivity index (χ2v) is 15.7. The van der Waals surface area contributed by atoms with Crippen LogP contribution in [0.25, 0.3) is 22.2 Å². The van der Waals surface area contributed by atoms with E-state index in [0.717, 1.165) is 0 Å². The van der Waals surface area contributed by atoms with Crippen LogP contribution in [0.15, 0.2) is 96.2 Å². The molecule has 13 heteroatoms. The number of halogens is 1. The third-order valence-corrected chi connectivity index (χ3v) is 10.6. The Morgan fingerprint density at radius 1 is 0.938 bits per heavy atom. The summed E-state index contributed by atoms with van der Waals surface area (Å²) in [5, 5.41) is 10.0. The fraction of sp³-hybridized carbons (Fsp3) is 0.257. The largest absolute Gasteiger partial charge is 0.444 e. The summed E-state index contributed by atoms with van der Waals surface area (Å²) in [6, 6.07) is 22.5. The minimum Gasteiger partial charge on any atom is -0.444 e. The van der Waals surface area contributed by atoms with Gasteiger partial charge in [-0.3, -0.25) is 4.79 Å². The van der Waals surface area contributed by atoms with Crippen molar-refractivity contribution in [1.29, 1.82) is 0 Å². The fourth-order valence-electron chi connectivity index (χ4n) is 6.61. The Hall–Kier alpha value is -4.94. The number of ether oxygens (including phenoxy) is 1. The maximum Gasteiger partial charge on any atom is 0.408 e. The van der Waals surface area contributed by atoms with Gasteiger partial charge in [-0.05, 0) is 76.4 Å². The number of hydrogen-bond donors (Lipinski definition) is 3. The van der Waals surface area contributed by atoms with Crippen molar-refractivity contribution in [3.05, 3.63) is 96.3 Å². The molecule has 5 aromatic rings. The molecule has 0 atom stereocenters. The zero-order valence-corrected chi connectivity index (χ0v) is 28.0. The van der Waals surface area contributed by atoms with Crippen molar-refractivity contribution < 1.29 is 22.7 Å². The second kappa shape index (κ2) is 11.3. The number of alkyl carbamates (subject to hydrolysis) is 1. The summed E-state index contributed by atoms with van der Waals surface area (Å²) in [4.78, 5) is 34.6. The number of anilines is 3. The number of nitrogens with zero attached hydrogens (tertiary/aromatic N) is 3. The van der Waals surface area contributed by atoms with Crippen LogP contribution >= 0.6 is 11.6 Å². The molecule has 0 unspecified atom stereocenters. The molecule has 0 radical (unpaired) electrons. The minimum absolute atomic E-state index is 0.0978. The first-order valence-corrected chi connectivity index (χ1v) is 17.2. The van der Waals surface area contributed by atoms with E-state index in [1.54, 1.807) is 60.7 Å². The molecule has 8 rings (SSSR count). The average molecular weight is 685 g/mol. The molecule has 3 aliphatic carbocycles. The highest BCUT2D eigenvalue weighted by Gasteiger charge is 2.72. The van der Waals surface area contributed by atoms with Gasteiger partial charge in [-0.1, -0.05) is 54.1 Å². The number of fused-ring (bicyclic) bond motifs is 1. The molecule has 2 aromatic heterocycles. The van der Waals surface area contributed by atoms with Gasteiger partial charge >= 0.3 is 6.09 Å². The van der Waals surface area contributed by atoms with E-state index in [0.29, 0.717) is 52.8 Å². The van der Waals surface area contributed by atoms with E-state index >= 15 is 0 Å². The predicted molar refractivity (Wildman–Crippen MR) is 184 cm³/mol. The highest BCUT2D eigenvalue weighted by molar-refractivity contribution is 7.90. The second-order valence-electron chi connectivity index (χ2n) is 13.4. The Kier molecular flexibility index (Phi) is 7.48. The first kappa shape index (κ1) is 31.6. The van der Waals surface area contributed by atoms with Crippen molar-refractivity contribution in [3.63, 3.8) is 0 Å². The van der Waals surface area contributed by atoms with Crippen LogP contribution in [0.1, 0.15) is 40.0 Å². The summed E-state index contributed by atoms with van der Waals surface area (Å²) in [5.74, 6) is 0.134. The molecule has 2 amide bonds. The van der Waals surface area contributed by atoms with Crippen molar-refractivity contribution in [1.82, 2.24) is 19.3 Å². The number of hydrogen-bond acceptors (Lipinski definition) is 8. The van der Waals surface area contributed by atoms with E-state index in [2.05, 4.69) is 25.9 Å². The first-order valence-electron chi connectivity index (χ1n) is 15.4. The molecule has 3 aromatic carbocycles. The molecule has 0 aliphatic heterocycles. The highest BCUT2D eigenvalue weighted by Crippen LogP contribution is 2.67. The summed E-state index contributed by atoms with van der Waals surface area (Å²) in [6.45, 7) is 5.43. The molecule has 0 spiro atoms. The Labute approximate surface area is 282 Å². The Morgan fingerprint density at radius 2 is 1.62 bits per heavy atom. The summed E-state index contributed by atoms with van der Waals surface area (Å²) >= 11 is 6.60. The standard InChI is InChI=1S/C35H33ClN6O5S/c1-33(2,3)47-32(44)41-35-19-34(20-35,21-35)30(43)38-22-10-9-11-23(16-22)39-31-37-17-27(36)29(40-31)26-18-42(28-15-8-7-14-25(26)28)48(45,46)24-12-5-4-6-13-24/h4-18H,19-21H2,1-3H3,(H,38,43)(H,41,44)(H,37,39,40). The smallest absolute Gasteiger partial charge is 0.408 e. The van der Waals surface area contributed by atoms with Crippen molar-refractivity contribution in [3.8, 4) is 11.3 Å². The van der Waals surface area contributed by atoms with Crippen LogP contribution in [0.5, 0.6) is 0 Å². The van der Waals surface area contributed by atoms with Gasteiger partial charge < -0.3 is 20.7 Å². The zero-order valence-electron chi connectivity index (χ0n) is 26.5. The van der Waals surface area contributed by atoms with Crippen LogP contribution in [0.3, 0.4) is 0 Å². The third kappa shape index (κ3) is 5.75. The molecular formula is C35H33ClN6O5S. The summed E-state index contributed by atoms with van der Waals surface area (Å²) < 4.78 is 33.9.